The molecule has 0 unspecified atom stereocenters. The summed E-state index contributed by atoms with van der Waals surface area (Å²) in [6.07, 6.45) is 3.44. The van der Waals surface area contributed by atoms with Gasteiger partial charge in [-0.3, -0.25) is 0 Å². The molecule has 74 valence electrons. The Labute approximate surface area is 83.9 Å². The Morgan fingerprint density at radius 3 is 3.14 bits per heavy atom. The quantitative estimate of drug-likeness (QED) is 0.680. The Hall–Kier alpha value is -1.15. The molecule has 0 spiro atoms. The van der Waals surface area contributed by atoms with E-state index >= 15 is 0 Å². The number of aryl methyl sites for hydroxylation is 1. The van der Waals surface area contributed by atoms with E-state index in [-0.39, 0.29) is 0 Å². The molecule has 0 radical (unpaired) electrons. The van der Waals surface area contributed by atoms with Crippen LogP contribution in [0.2, 0.25) is 0 Å². The first-order chi connectivity index (χ1) is 6.90. The second kappa shape index (κ2) is 4.38. The lowest BCUT2D eigenvalue weighted by Gasteiger charge is -2.17. The van der Waals surface area contributed by atoms with Gasteiger partial charge in [-0.1, -0.05) is 18.2 Å². The molecule has 2 rings (SSSR count). The SMILES string of the molecule is O=CCCc1ccc2c(c1)COCC2. The molecule has 0 bridgehead atoms. The normalized spacial score (nSPS) is 14.9. The van der Waals surface area contributed by atoms with Crippen molar-refractivity contribution in [3.8, 4) is 0 Å². The number of ether oxygens (including phenoxy) is 1. The number of fused-ring (bicyclic) bond motifs is 1. The van der Waals surface area contributed by atoms with Crippen molar-refractivity contribution in [2.24, 2.45) is 0 Å². The van der Waals surface area contributed by atoms with Crippen molar-refractivity contribution < 1.29 is 9.53 Å². The summed E-state index contributed by atoms with van der Waals surface area (Å²) in [7, 11) is 0. The molecule has 1 aliphatic rings. The number of rotatable bonds is 3. The third-order valence-corrected chi connectivity index (χ3v) is 2.59. The van der Waals surface area contributed by atoms with Crippen LogP contribution in [0.15, 0.2) is 18.2 Å². The predicted octanol–water partition coefficient (Wildman–Crippen LogP) is 1.89. The minimum atomic E-state index is 0.611. The Balaban J connectivity index is 2.16. The lowest BCUT2D eigenvalue weighted by Crippen LogP contribution is -2.09. The molecule has 0 fully saturated rings. The van der Waals surface area contributed by atoms with Crippen LogP contribution in [0, 0.1) is 0 Å². The van der Waals surface area contributed by atoms with Crippen molar-refractivity contribution in [2.45, 2.75) is 25.9 Å². The lowest BCUT2D eigenvalue weighted by atomic mass is 9.99. The zero-order valence-electron chi connectivity index (χ0n) is 8.16. The molecule has 1 aromatic rings. The molecule has 0 atom stereocenters. The van der Waals surface area contributed by atoms with Crippen molar-refractivity contribution in [2.75, 3.05) is 6.61 Å². The number of aldehydes is 1. The summed E-state index contributed by atoms with van der Waals surface area (Å²) in [6.45, 7) is 1.56. The summed E-state index contributed by atoms with van der Waals surface area (Å²) in [5, 5.41) is 0. The van der Waals surface area contributed by atoms with Crippen molar-refractivity contribution in [3.05, 3.63) is 34.9 Å². The molecule has 0 amide bonds. The molecule has 0 aliphatic carbocycles. The standard InChI is InChI=1S/C12H14O2/c13-6-1-2-10-3-4-11-5-7-14-9-12(11)8-10/h3-4,6,8H,1-2,5,7,9H2. The summed E-state index contributed by atoms with van der Waals surface area (Å²) in [6, 6.07) is 6.45. The Bertz CT molecular complexity index is 331. The summed E-state index contributed by atoms with van der Waals surface area (Å²) in [5.41, 5.74) is 3.92. The highest BCUT2D eigenvalue weighted by atomic mass is 16.5. The topological polar surface area (TPSA) is 26.3 Å². The van der Waals surface area contributed by atoms with E-state index in [0.717, 1.165) is 32.3 Å². The van der Waals surface area contributed by atoms with Gasteiger partial charge in [0.05, 0.1) is 13.2 Å². The predicted molar refractivity (Wildman–Crippen MR) is 54.2 cm³/mol. The van der Waals surface area contributed by atoms with Crippen LogP contribution in [-0.4, -0.2) is 12.9 Å². The van der Waals surface area contributed by atoms with Crippen LogP contribution in [0.3, 0.4) is 0 Å². The number of carbonyl (C=O) groups excluding carboxylic acids is 1. The molecule has 1 aliphatic heterocycles. The first-order valence-electron chi connectivity index (χ1n) is 5.02. The van der Waals surface area contributed by atoms with Crippen LogP contribution in [0.1, 0.15) is 23.1 Å². The van der Waals surface area contributed by atoms with E-state index in [1.54, 1.807) is 0 Å². The molecule has 0 N–H and O–H groups in total. The average Bonchev–Trinajstić information content (AvgIpc) is 2.26. The number of hydrogen-bond acceptors (Lipinski definition) is 2. The van der Waals surface area contributed by atoms with Gasteiger partial charge in [0.15, 0.2) is 0 Å². The molecule has 1 heterocycles. The van der Waals surface area contributed by atoms with Gasteiger partial charge < -0.3 is 9.53 Å². The van der Waals surface area contributed by atoms with E-state index < -0.39 is 0 Å². The third kappa shape index (κ3) is 2.02. The average molecular weight is 190 g/mol. The molecular formula is C12H14O2. The highest BCUT2D eigenvalue weighted by Crippen LogP contribution is 2.18. The number of benzene rings is 1. The first kappa shape index (κ1) is 9.41. The third-order valence-electron chi connectivity index (χ3n) is 2.59. The molecule has 1 aromatic carbocycles. The zero-order valence-corrected chi connectivity index (χ0v) is 8.16. The molecule has 0 saturated heterocycles. The molecule has 0 saturated carbocycles. The monoisotopic (exact) mass is 190 g/mol. The highest BCUT2D eigenvalue weighted by Gasteiger charge is 2.09. The Morgan fingerprint density at radius 1 is 1.36 bits per heavy atom. The second-order valence-corrected chi connectivity index (χ2v) is 3.61. The molecular weight excluding hydrogens is 176 g/mol. The van der Waals surface area contributed by atoms with Crippen LogP contribution in [0.25, 0.3) is 0 Å². The van der Waals surface area contributed by atoms with E-state index in [4.69, 9.17) is 4.74 Å². The van der Waals surface area contributed by atoms with Crippen LogP contribution in [-0.2, 0) is 29.0 Å². The second-order valence-electron chi connectivity index (χ2n) is 3.61. The summed E-state index contributed by atoms with van der Waals surface area (Å²) in [5.74, 6) is 0. The Kier molecular flexibility index (Phi) is 2.94. The Morgan fingerprint density at radius 2 is 2.29 bits per heavy atom. The van der Waals surface area contributed by atoms with Gasteiger partial charge in [-0.2, -0.15) is 0 Å². The maximum Gasteiger partial charge on any atom is 0.120 e. The molecule has 2 nitrogen and oxygen atoms in total. The summed E-state index contributed by atoms with van der Waals surface area (Å²) in [4.78, 5) is 10.2. The maximum absolute atomic E-state index is 10.2. The van der Waals surface area contributed by atoms with E-state index in [1.165, 1.54) is 16.7 Å². The minimum absolute atomic E-state index is 0.611. The zero-order chi connectivity index (χ0) is 9.80. The van der Waals surface area contributed by atoms with Crippen LogP contribution in [0.5, 0.6) is 0 Å². The van der Waals surface area contributed by atoms with Crippen molar-refractivity contribution in [3.63, 3.8) is 0 Å². The van der Waals surface area contributed by atoms with Crippen molar-refractivity contribution in [1.29, 1.82) is 0 Å². The van der Waals surface area contributed by atoms with E-state index in [1.807, 2.05) is 0 Å². The van der Waals surface area contributed by atoms with Gasteiger partial charge in [-0.25, -0.2) is 0 Å². The lowest BCUT2D eigenvalue weighted by molar-refractivity contribution is -0.107. The van der Waals surface area contributed by atoms with E-state index in [9.17, 15) is 4.79 Å². The van der Waals surface area contributed by atoms with Gasteiger partial charge in [-0.05, 0) is 29.5 Å². The number of carbonyl (C=O) groups is 1. The van der Waals surface area contributed by atoms with Crippen molar-refractivity contribution in [1.82, 2.24) is 0 Å². The fraction of sp³-hybridized carbons (Fsp3) is 0.417. The summed E-state index contributed by atoms with van der Waals surface area (Å²) >= 11 is 0. The number of hydrogen-bond donors (Lipinski definition) is 0. The molecule has 14 heavy (non-hydrogen) atoms. The highest BCUT2D eigenvalue weighted by molar-refractivity contribution is 5.50. The maximum atomic E-state index is 10.2. The van der Waals surface area contributed by atoms with Crippen LogP contribution >= 0.6 is 0 Å². The fourth-order valence-corrected chi connectivity index (χ4v) is 1.80. The van der Waals surface area contributed by atoms with Gasteiger partial charge >= 0.3 is 0 Å². The first-order valence-corrected chi connectivity index (χ1v) is 5.02. The summed E-state index contributed by atoms with van der Waals surface area (Å²) < 4.78 is 5.39. The fourth-order valence-electron chi connectivity index (χ4n) is 1.80. The van der Waals surface area contributed by atoms with Gasteiger partial charge in [0, 0.05) is 6.42 Å². The van der Waals surface area contributed by atoms with Crippen molar-refractivity contribution >= 4 is 6.29 Å². The van der Waals surface area contributed by atoms with Crippen LogP contribution in [0.4, 0.5) is 0 Å². The molecule has 0 aromatic heterocycles. The van der Waals surface area contributed by atoms with Gasteiger partial charge in [0.2, 0.25) is 0 Å². The van der Waals surface area contributed by atoms with Gasteiger partial charge in [0.1, 0.15) is 6.29 Å². The van der Waals surface area contributed by atoms with Gasteiger partial charge in [-0.15, -0.1) is 0 Å². The van der Waals surface area contributed by atoms with E-state index in [2.05, 4.69) is 18.2 Å². The largest absolute Gasteiger partial charge is 0.376 e. The van der Waals surface area contributed by atoms with Gasteiger partial charge in [0.25, 0.3) is 0 Å². The van der Waals surface area contributed by atoms with E-state index in [0.29, 0.717) is 6.42 Å². The van der Waals surface area contributed by atoms with Crippen LogP contribution < -0.4 is 0 Å². The molecule has 2 heteroatoms. The minimum Gasteiger partial charge on any atom is -0.376 e. The smallest absolute Gasteiger partial charge is 0.120 e.